The van der Waals surface area contributed by atoms with E-state index in [1.807, 2.05) is 0 Å². The third kappa shape index (κ3) is 3.59. The fourth-order valence-corrected chi connectivity index (χ4v) is 1.43. The van der Waals surface area contributed by atoms with Crippen LogP contribution in [0, 0.1) is 5.92 Å². The second-order valence-electron chi connectivity index (χ2n) is 4.28. The Morgan fingerprint density at radius 3 is 2.89 bits per heavy atom. The van der Waals surface area contributed by atoms with Gasteiger partial charge >= 0.3 is 5.97 Å². The lowest BCUT2D eigenvalue weighted by Crippen LogP contribution is -2.27. The lowest BCUT2D eigenvalue weighted by Gasteiger charge is -2.04. The third-order valence-corrected chi connectivity index (χ3v) is 2.65. The molecule has 0 bridgehead atoms. The van der Waals surface area contributed by atoms with Gasteiger partial charge in [-0.3, -0.25) is 4.79 Å². The normalized spacial score (nSPS) is 14.4. The molecular formula is C12H15NO5. The van der Waals surface area contributed by atoms with Crippen molar-refractivity contribution in [3.05, 3.63) is 23.7 Å². The van der Waals surface area contributed by atoms with Crippen molar-refractivity contribution in [3.8, 4) is 0 Å². The molecule has 1 aliphatic rings. The summed E-state index contributed by atoms with van der Waals surface area (Å²) in [5, 5.41) is 11.3. The fraction of sp³-hybridized carbons (Fsp3) is 0.500. The van der Waals surface area contributed by atoms with Crippen molar-refractivity contribution in [1.29, 1.82) is 0 Å². The van der Waals surface area contributed by atoms with Crippen molar-refractivity contribution >= 4 is 11.9 Å². The average molecular weight is 253 g/mol. The van der Waals surface area contributed by atoms with Crippen molar-refractivity contribution in [2.24, 2.45) is 5.92 Å². The van der Waals surface area contributed by atoms with Crippen molar-refractivity contribution in [1.82, 2.24) is 5.32 Å². The van der Waals surface area contributed by atoms with Gasteiger partial charge in [-0.15, -0.1) is 0 Å². The zero-order chi connectivity index (χ0) is 13.0. The highest BCUT2D eigenvalue weighted by atomic mass is 16.5. The van der Waals surface area contributed by atoms with Gasteiger partial charge < -0.3 is 19.6 Å². The van der Waals surface area contributed by atoms with E-state index >= 15 is 0 Å². The molecule has 1 amide bonds. The molecule has 1 aromatic heterocycles. The number of carboxylic acids is 1. The molecule has 1 aromatic rings. The molecule has 1 heterocycles. The number of rotatable bonds is 7. The number of ether oxygens (including phenoxy) is 1. The SMILES string of the molecule is O=C(O)c1coc(C(=O)NCCOCC2CC2)c1. The second kappa shape index (κ2) is 5.68. The molecule has 6 nitrogen and oxygen atoms in total. The summed E-state index contributed by atoms with van der Waals surface area (Å²) in [6.07, 6.45) is 3.51. The van der Waals surface area contributed by atoms with Crippen LogP contribution in [0.4, 0.5) is 0 Å². The van der Waals surface area contributed by atoms with E-state index in [1.54, 1.807) is 0 Å². The molecule has 0 spiro atoms. The van der Waals surface area contributed by atoms with Gasteiger partial charge in [0.1, 0.15) is 6.26 Å². The van der Waals surface area contributed by atoms with Crippen LogP contribution in [0.3, 0.4) is 0 Å². The summed E-state index contributed by atoms with van der Waals surface area (Å²) in [5.41, 5.74) is -0.0369. The summed E-state index contributed by atoms with van der Waals surface area (Å²) in [6, 6.07) is 1.20. The van der Waals surface area contributed by atoms with Crippen LogP contribution in [0.25, 0.3) is 0 Å². The van der Waals surface area contributed by atoms with Gasteiger partial charge in [-0.1, -0.05) is 0 Å². The minimum Gasteiger partial charge on any atom is -0.478 e. The second-order valence-corrected chi connectivity index (χ2v) is 4.28. The molecule has 0 saturated heterocycles. The van der Waals surface area contributed by atoms with Crippen LogP contribution < -0.4 is 5.32 Å². The van der Waals surface area contributed by atoms with Crippen molar-refractivity contribution < 1.29 is 23.8 Å². The number of amides is 1. The maximum Gasteiger partial charge on any atom is 0.338 e. The van der Waals surface area contributed by atoms with E-state index < -0.39 is 11.9 Å². The molecule has 1 aliphatic carbocycles. The van der Waals surface area contributed by atoms with Crippen molar-refractivity contribution in [2.75, 3.05) is 19.8 Å². The summed E-state index contributed by atoms with van der Waals surface area (Å²) in [4.78, 5) is 22.1. The van der Waals surface area contributed by atoms with E-state index in [1.165, 1.54) is 18.9 Å². The molecule has 0 atom stereocenters. The molecule has 0 radical (unpaired) electrons. The van der Waals surface area contributed by atoms with Gasteiger partial charge in [0.15, 0.2) is 5.76 Å². The summed E-state index contributed by atoms with van der Waals surface area (Å²) in [6.45, 7) is 1.59. The van der Waals surface area contributed by atoms with Gasteiger partial charge in [0.25, 0.3) is 5.91 Å². The Bertz CT molecular complexity index is 435. The summed E-state index contributed by atoms with van der Waals surface area (Å²) in [7, 11) is 0. The standard InChI is InChI=1S/C12H15NO5/c14-11(10-5-9(7-18-10)12(15)16)13-3-4-17-6-8-1-2-8/h5,7-8H,1-4,6H2,(H,13,14)(H,15,16). The highest BCUT2D eigenvalue weighted by molar-refractivity contribution is 5.95. The van der Waals surface area contributed by atoms with E-state index in [-0.39, 0.29) is 11.3 Å². The molecule has 2 rings (SSSR count). The first-order valence-corrected chi connectivity index (χ1v) is 5.84. The molecule has 0 aliphatic heterocycles. The maximum absolute atomic E-state index is 11.5. The van der Waals surface area contributed by atoms with Crippen LogP contribution in [-0.4, -0.2) is 36.7 Å². The molecule has 18 heavy (non-hydrogen) atoms. The highest BCUT2D eigenvalue weighted by Gasteiger charge is 2.21. The first-order valence-electron chi connectivity index (χ1n) is 5.84. The van der Waals surface area contributed by atoms with Crippen molar-refractivity contribution in [3.63, 3.8) is 0 Å². The first-order chi connectivity index (χ1) is 8.66. The van der Waals surface area contributed by atoms with Gasteiger partial charge in [0.2, 0.25) is 0 Å². The maximum atomic E-state index is 11.5. The summed E-state index contributed by atoms with van der Waals surface area (Å²) in [5.74, 6) is -0.860. The topological polar surface area (TPSA) is 88.8 Å². The Balaban J connectivity index is 1.67. The van der Waals surface area contributed by atoms with E-state index in [2.05, 4.69) is 5.32 Å². The Morgan fingerprint density at radius 2 is 2.28 bits per heavy atom. The summed E-state index contributed by atoms with van der Waals surface area (Å²) >= 11 is 0. The van der Waals surface area contributed by atoms with Crippen LogP contribution in [-0.2, 0) is 4.74 Å². The molecule has 98 valence electrons. The molecule has 1 saturated carbocycles. The number of nitrogens with one attached hydrogen (secondary N) is 1. The Hall–Kier alpha value is -1.82. The van der Waals surface area contributed by atoms with E-state index in [4.69, 9.17) is 14.3 Å². The van der Waals surface area contributed by atoms with Crippen LogP contribution in [0.1, 0.15) is 33.8 Å². The number of hydrogen-bond donors (Lipinski definition) is 2. The summed E-state index contributed by atoms with van der Waals surface area (Å²) < 4.78 is 10.2. The van der Waals surface area contributed by atoms with E-state index in [0.29, 0.717) is 19.1 Å². The van der Waals surface area contributed by atoms with Gasteiger partial charge in [0, 0.05) is 19.2 Å². The Kier molecular flexibility index (Phi) is 3.99. The minimum absolute atomic E-state index is 0.00501. The molecule has 2 N–H and O–H groups in total. The predicted octanol–water partition coefficient (Wildman–Crippen LogP) is 1.13. The smallest absolute Gasteiger partial charge is 0.338 e. The highest BCUT2D eigenvalue weighted by Crippen LogP contribution is 2.28. The number of carboxylic acid groups (broad SMARTS) is 1. The lowest BCUT2D eigenvalue weighted by molar-refractivity contribution is 0.0696. The number of furan rings is 1. The van der Waals surface area contributed by atoms with Gasteiger partial charge in [-0.05, 0) is 18.8 Å². The monoisotopic (exact) mass is 253 g/mol. The lowest BCUT2D eigenvalue weighted by atomic mass is 10.3. The molecule has 0 unspecified atom stereocenters. The minimum atomic E-state index is -1.12. The number of carbonyl (C=O) groups is 2. The van der Waals surface area contributed by atoms with E-state index in [0.717, 1.165) is 12.9 Å². The number of carbonyl (C=O) groups excluding carboxylic acids is 1. The molecule has 1 fully saturated rings. The third-order valence-electron chi connectivity index (χ3n) is 2.65. The van der Waals surface area contributed by atoms with Gasteiger partial charge in [0.05, 0.1) is 12.2 Å². The fourth-order valence-electron chi connectivity index (χ4n) is 1.43. The van der Waals surface area contributed by atoms with Crippen LogP contribution in [0.15, 0.2) is 16.7 Å². The van der Waals surface area contributed by atoms with Crippen LogP contribution >= 0.6 is 0 Å². The first kappa shape index (κ1) is 12.6. The Labute approximate surface area is 104 Å². The predicted molar refractivity (Wildman–Crippen MR) is 61.5 cm³/mol. The van der Waals surface area contributed by atoms with Crippen molar-refractivity contribution in [2.45, 2.75) is 12.8 Å². The molecule has 6 heteroatoms. The number of hydrogen-bond acceptors (Lipinski definition) is 4. The quantitative estimate of drug-likeness (QED) is 0.711. The van der Waals surface area contributed by atoms with Gasteiger partial charge in [-0.25, -0.2) is 4.79 Å². The van der Waals surface area contributed by atoms with Crippen LogP contribution in [0.2, 0.25) is 0 Å². The zero-order valence-electron chi connectivity index (χ0n) is 9.85. The van der Waals surface area contributed by atoms with E-state index in [9.17, 15) is 9.59 Å². The Morgan fingerprint density at radius 1 is 1.50 bits per heavy atom. The molecule has 0 aromatic carbocycles. The van der Waals surface area contributed by atoms with Gasteiger partial charge in [-0.2, -0.15) is 0 Å². The average Bonchev–Trinajstić information content (AvgIpc) is 3.02. The molecular weight excluding hydrogens is 238 g/mol. The zero-order valence-corrected chi connectivity index (χ0v) is 9.85. The largest absolute Gasteiger partial charge is 0.478 e. The number of aromatic carboxylic acids is 1. The van der Waals surface area contributed by atoms with Crippen LogP contribution in [0.5, 0.6) is 0 Å².